The quantitative estimate of drug-likeness (QED) is 0.850. The lowest BCUT2D eigenvalue weighted by molar-refractivity contribution is 0.575. The lowest BCUT2D eigenvalue weighted by Gasteiger charge is -2.15. The standard InChI is InChI=1S/C15H19NS/c1-11-4-5-15(8-12(11)2)13(3)16-9-14-6-7-17-10-14/h4-8,10,13,16H,9H2,1-3H3. The summed E-state index contributed by atoms with van der Waals surface area (Å²) in [5.41, 5.74) is 5.46. The molecule has 0 aliphatic rings. The van der Waals surface area contributed by atoms with Crippen LogP contribution in [0.1, 0.15) is 35.2 Å². The minimum Gasteiger partial charge on any atom is -0.306 e. The molecule has 1 N–H and O–H groups in total. The molecule has 0 bridgehead atoms. The minimum atomic E-state index is 0.397. The maximum Gasteiger partial charge on any atom is 0.0295 e. The molecule has 1 unspecified atom stereocenters. The van der Waals surface area contributed by atoms with Gasteiger partial charge in [-0.15, -0.1) is 0 Å². The van der Waals surface area contributed by atoms with Gasteiger partial charge in [-0.05, 0) is 59.9 Å². The first-order valence-corrected chi connectivity index (χ1v) is 6.92. The highest BCUT2D eigenvalue weighted by molar-refractivity contribution is 7.07. The molecule has 0 fully saturated rings. The fourth-order valence-corrected chi connectivity index (χ4v) is 2.48. The van der Waals surface area contributed by atoms with E-state index in [1.54, 1.807) is 11.3 Å². The third-order valence-electron chi connectivity index (χ3n) is 3.22. The van der Waals surface area contributed by atoms with Crippen LogP contribution in [0.15, 0.2) is 35.0 Å². The van der Waals surface area contributed by atoms with Gasteiger partial charge in [-0.2, -0.15) is 11.3 Å². The van der Waals surface area contributed by atoms with Gasteiger partial charge in [-0.25, -0.2) is 0 Å². The zero-order chi connectivity index (χ0) is 12.3. The smallest absolute Gasteiger partial charge is 0.0295 e. The number of thiophene rings is 1. The van der Waals surface area contributed by atoms with Gasteiger partial charge in [0.15, 0.2) is 0 Å². The first-order chi connectivity index (χ1) is 8.16. The van der Waals surface area contributed by atoms with Gasteiger partial charge in [-0.1, -0.05) is 18.2 Å². The second-order valence-corrected chi connectivity index (χ2v) is 5.36. The molecule has 0 aliphatic heterocycles. The van der Waals surface area contributed by atoms with E-state index in [1.165, 1.54) is 22.3 Å². The van der Waals surface area contributed by atoms with E-state index in [4.69, 9.17) is 0 Å². The van der Waals surface area contributed by atoms with E-state index in [0.717, 1.165) is 6.54 Å². The molecule has 2 aromatic rings. The highest BCUT2D eigenvalue weighted by Gasteiger charge is 2.05. The summed E-state index contributed by atoms with van der Waals surface area (Å²) in [7, 11) is 0. The second-order valence-electron chi connectivity index (χ2n) is 4.58. The van der Waals surface area contributed by atoms with E-state index in [0.29, 0.717) is 6.04 Å². The molecule has 0 saturated heterocycles. The second kappa shape index (κ2) is 5.48. The van der Waals surface area contributed by atoms with E-state index < -0.39 is 0 Å². The van der Waals surface area contributed by atoms with Crippen LogP contribution < -0.4 is 5.32 Å². The predicted octanol–water partition coefficient (Wildman–Crippen LogP) is 4.22. The van der Waals surface area contributed by atoms with Crippen molar-refractivity contribution in [3.8, 4) is 0 Å². The molecular formula is C15H19NS. The Bertz CT molecular complexity index is 474. The molecule has 2 heteroatoms. The van der Waals surface area contributed by atoms with Crippen LogP contribution in [0.25, 0.3) is 0 Å². The molecule has 2 rings (SSSR count). The molecular weight excluding hydrogens is 226 g/mol. The number of rotatable bonds is 4. The number of hydrogen-bond donors (Lipinski definition) is 1. The fraction of sp³-hybridized carbons (Fsp3) is 0.333. The van der Waals surface area contributed by atoms with Crippen LogP contribution in [0.4, 0.5) is 0 Å². The molecule has 17 heavy (non-hydrogen) atoms. The molecule has 1 aromatic heterocycles. The summed E-state index contributed by atoms with van der Waals surface area (Å²) in [6, 6.07) is 9.26. The van der Waals surface area contributed by atoms with E-state index in [1.807, 2.05) is 0 Å². The molecule has 1 atom stereocenters. The van der Waals surface area contributed by atoms with Crippen LogP contribution in [0.2, 0.25) is 0 Å². The first-order valence-electron chi connectivity index (χ1n) is 5.98. The maximum atomic E-state index is 3.55. The molecule has 1 aromatic carbocycles. The highest BCUT2D eigenvalue weighted by atomic mass is 32.1. The Hall–Kier alpha value is -1.12. The number of nitrogens with one attached hydrogen (secondary N) is 1. The Morgan fingerprint density at radius 3 is 2.65 bits per heavy atom. The van der Waals surface area contributed by atoms with Crippen LogP contribution in [0, 0.1) is 13.8 Å². The summed E-state index contributed by atoms with van der Waals surface area (Å²) in [4.78, 5) is 0. The van der Waals surface area contributed by atoms with Crippen molar-refractivity contribution < 1.29 is 0 Å². The lowest BCUT2D eigenvalue weighted by Crippen LogP contribution is -2.17. The van der Waals surface area contributed by atoms with Gasteiger partial charge in [-0.3, -0.25) is 0 Å². The van der Waals surface area contributed by atoms with Crippen molar-refractivity contribution in [1.29, 1.82) is 0 Å². The SMILES string of the molecule is Cc1ccc(C(C)NCc2ccsc2)cc1C. The Kier molecular flexibility index (Phi) is 3.97. The molecule has 90 valence electrons. The average Bonchev–Trinajstić information content (AvgIpc) is 2.82. The summed E-state index contributed by atoms with van der Waals surface area (Å²) in [6.45, 7) is 7.49. The Balaban J connectivity index is 1.99. The van der Waals surface area contributed by atoms with Crippen molar-refractivity contribution >= 4 is 11.3 Å². The first kappa shape index (κ1) is 12.3. The molecule has 0 spiro atoms. The van der Waals surface area contributed by atoms with Crippen LogP contribution in [-0.4, -0.2) is 0 Å². The topological polar surface area (TPSA) is 12.0 Å². The average molecular weight is 245 g/mol. The van der Waals surface area contributed by atoms with Gasteiger partial charge in [0, 0.05) is 12.6 Å². The van der Waals surface area contributed by atoms with Gasteiger partial charge in [0.05, 0.1) is 0 Å². The van der Waals surface area contributed by atoms with Crippen molar-refractivity contribution in [2.24, 2.45) is 0 Å². The zero-order valence-electron chi connectivity index (χ0n) is 10.7. The molecule has 1 nitrogen and oxygen atoms in total. The van der Waals surface area contributed by atoms with Crippen molar-refractivity contribution in [2.45, 2.75) is 33.4 Å². The van der Waals surface area contributed by atoms with Gasteiger partial charge >= 0.3 is 0 Å². The zero-order valence-corrected chi connectivity index (χ0v) is 11.5. The Labute approximate surface area is 108 Å². The van der Waals surface area contributed by atoms with Gasteiger partial charge < -0.3 is 5.32 Å². The largest absolute Gasteiger partial charge is 0.306 e. The summed E-state index contributed by atoms with van der Waals surface area (Å²) in [6.07, 6.45) is 0. The predicted molar refractivity (Wildman–Crippen MR) is 75.5 cm³/mol. The van der Waals surface area contributed by atoms with Gasteiger partial charge in [0.25, 0.3) is 0 Å². The number of benzene rings is 1. The lowest BCUT2D eigenvalue weighted by atomic mass is 10.0. The molecule has 0 saturated carbocycles. The summed E-state index contributed by atoms with van der Waals surface area (Å²) >= 11 is 1.75. The summed E-state index contributed by atoms with van der Waals surface area (Å²) < 4.78 is 0. The normalized spacial score (nSPS) is 12.6. The van der Waals surface area contributed by atoms with Crippen molar-refractivity contribution in [3.63, 3.8) is 0 Å². The van der Waals surface area contributed by atoms with E-state index in [2.05, 4.69) is 61.1 Å². The number of aryl methyl sites for hydroxylation is 2. The van der Waals surface area contributed by atoms with Gasteiger partial charge in [0.1, 0.15) is 0 Å². The fourth-order valence-electron chi connectivity index (χ4n) is 1.82. The summed E-state index contributed by atoms with van der Waals surface area (Å²) in [5.74, 6) is 0. The maximum absolute atomic E-state index is 3.55. The van der Waals surface area contributed by atoms with Crippen LogP contribution >= 0.6 is 11.3 Å². The van der Waals surface area contributed by atoms with E-state index >= 15 is 0 Å². The molecule has 0 aliphatic carbocycles. The third kappa shape index (κ3) is 3.18. The molecule has 1 heterocycles. The third-order valence-corrected chi connectivity index (χ3v) is 3.96. The van der Waals surface area contributed by atoms with Crippen LogP contribution in [0.3, 0.4) is 0 Å². The summed E-state index contributed by atoms with van der Waals surface area (Å²) in [5, 5.41) is 7.87. The number of hydrogen-bond acceptors (Lipinski definition) is 2. The monoisotopic (exact) mass is 245 g/mol. The highest BCUT2D eigenvalue weighted by Crippen LogP contribution is 2.17. The van der Waals surface area contributed by atoms with Crippen LogP contribution in [-0.2, 0) is 6.54 Å². The van der Waals surface area contributed by atoms with Crippen molar-refractivity contribution in [2.75, 3.05) is 0 Å². The van der Waals surface area contributed by atoms with Crippen molar-refractivity contribution in [3.05, 3.63) is 57.3 Å². The Morgan fingerprint density at radius 1 is 1.18 bits per heavy atom. The van der Waals surface area contributed by atoms with Gasteiger partial charge in [0.2, 0.25) is 0 Å². The minimum absolute atomic E-state index is 0.397. The Morgan fingerprint density at radius 2 is 2.00 bits per heavy atom. The van der Waals surface area contributed by atoms with E-state index in [9.17, 15) is 0 Å². The molecule has 0 amide bonds. The van der Waals surface area contributed by atoms with Crippen molar-refractivity contribution in [1.82, 2.24) is 5.32 Å². The van der Waals surface area contributed by atoms with Crippen LogP contribution in [0.5, 0.6) is 0 Å². The van der Waals surface area contributed by atoms with E-state index in [-0.39, 0.29) is 0 Å². The molecule has 0 radical (unpaired) electrons.